The highest BCUT2D eigenvalue weighted by Crippen LogP contribution is 2.09. The van der Waals surface area contributed by atoms with Crippen molar-refractivity contribution in [3.63, 3.8) is 0 Å². The van der Waals surface area contributed by atoms with E-state index in [1.807, 2.05) is 0 Å². The molecular formula is C13H16N2O4. The summed E-state index contributed by atoms with van der Waals surface area (Å²) in [6, 6.07) is 5.90. The molecule has 1 unspecified atom stereocenters. The van der Waals surface area contributed by atoms with Crippen LogP contribution in [-0.4, -0.2) is 28.9 Å². The largest absolute Gasteiger partial charge is 0.481 e. The zero-order valence-corrected chi connectivity index (χ0v) is 10.8. The van der Waals surface area contributed by atoms with E-state index in [9.17, 15) is 14.4 Å². The molecule has 19 heavy (non-hydrogen) atoms. The third kappa shape index (κ3) is 5.20. The van der Waals surface area contributed by atoms with Gasteiger partial charge in [0.2, 0.25) is 5.91 Å². The number of anilines is 1. The van der Waals surface area contributed by atoms with Crippen molar-refractivity contribution in [2.24, 2.45) is 0 Å². The molecule has 0 bridgehead atoms. The summed E-state index contributed by atoms with van der Waals surface area (Å²) in [7, 11) is 0. The lowest BCUT2D eigenvalue weighted by Crippen LogP contribution is -2.34. The van der Waals surface area contributed by atoms with Crippen LogP contribution in [0.2, 0.25) is 0 Å². The minimum atomic E-state index is -0.964. The Bertz CT molecular complexity index is 482. The quantitative estimate of drug-likeness (QED) is 0.745. The summed E-state index contributed by atoms with van der Waals surface area (Å²) in [5.41, 5.74) is 1.01. The normalized spacial score (nSPS) is 11.5. The summed E-state index contributed by atoms with van der Waals surface area (Å²) >= 11 is 0. The standard InChI is InChI=1S/C13H16N2O4/c1-8(7-12(17)18)14-13(19)10-3-5-11(6-4-10)15-9(2)16/h3-6,8H,7H2,1-2H3,(H,14,19)(H,15,16)(H,17,18). The van der Waals surface area contributed by atoms with Gasteiger partial charge in [-0.3, -0.25) is 14.4 Å². The van der Waals surface area contributed by atoms with Gasteiger partial charge in [-0.2, -0.15) is 0 Å². The lowest BCUT2D eigenvalue weighted by atomic mass is 10.1. The fraction of sp³-hybridized carbons (Fsp3) is 0.308. The summed E-state index contributed by atoms with van der Waals surface area (Å²) in [5, 5.41) is 13.8. The van der Waals surface area contributed by atoms with E-state index in [0.717, 1.165) is 0 Å². The fourth-order valence-electron chi connectivity index (χ4n) is 1.53. The minimum absolute atomic E-state index is 0.129. The highest BCUT2D eigenvalue weighted by molar-refractivity contribution is 5.95. The average molecular weight is 264 g/mol. The number of benzene rings is 1. The van der Waals surface area contributed by atoms with E-state index in [1.165, 1.54) is 6.92 Å². The van der Waals surface area contributed by atoms with Gasteiger partial charge in [-0.05, 0) is 31.2 Å². The molecule has 6 nitrogen and oxygen atoms in total. The van der Waals surface area contributed by atoms with E-state index < -0.39 is 12.0 Å². The van der Waals surface area contributed by atoms with Crippen LogP contribution in [0.3, 0.4) is 0 Å². The predicted octanol–water partition coefficient (Wildman–Crippen LogP) is 1.24. The number of carbonyl (C=O) groups is 3. The number of carbonyl (C=O) groups excluding carboxylic acids is 2. The Morgan fingerprint density at radius 1 is 1.21 bits per heavy atom. The first kappa shape index (κ1) is 14.7. The topological polar surface area (TPSA) is 95.5 Å². The average Bonchev–Trinajstić information content (AvgIpc) is 2.27. The molecule has 0 aliphatic carbocycles. The van der Waals surface area contributed by atoms with Gasteiger partial charge < -0.3 is 15.7 Å². The van der Waals surface area contributed by atoms with Crippen LogP contribution in [0, 0.1) is 0 Å². The number of hydrogen-bond donors (Lipinski definition) is 3. The highest BCUT2D eigenvalue weighted by atomic mass is 16.4. The molecule has 0 radical (unpaired) electrons. The van der Waals surface area contributed by atoms with E-state index in [4.69, 9.17) is 5.11 Å². The maximum Gasteiger partial charge on any atom is 0.305 e. The summed E-state index contributed by atoms with van der Waals surface area (Å²) in [6.07, 6.45) is -0.129. The molecule has 0 aliphatic heterocycles. The molecule has 0 heterocycles. The van der Waals surface area contributed by atoms with Crippen LogP contribution in [0.1, 0.15) is 30.6 Å². The monoisotopic (exact) mass is 264 g/mol. The van der Waals surface area contributed by atoms with Gasteiger partial charge in [0.25, 0.3) is 5.91 Å². The zero-order valence-electron chi connectivity index (χ0n) is 10.8. The Kier molecular flexibility index (Phi) is 5.05. The van der Waals surface area contributed by atoms with Crippen molar-refractivity contribution in [1.29, 1.82) is 0 Å². The van der Waals surface area contributed by atoms with Gasteiger partial charge in [-0.15, -0.1) is 0 Å². The first-order chi connectivity index (χ1) is 8.88. The number of hydrogen-bond acceptors (Lipinski definition) is 3. The lowest BCUT2D eigenvalue weighted by molar-refractivity contribution is -0.137. The number of rotatable bonds is 5. The van der Waals surface area contributed by atoms with Crippen LogP contribution in [-0.2, 0) is 9.59 Å². The first-order valence-electron chi connectivity index (χ1n) is 5.79. The van der Waals surface area contributed by atoms with Crippen molar-refractivity contribution < 1.29 is 19.5 Å². The van der Waals surface area contributed by atoms with Crippen LogP contribution < -0.4 is 10.6 Å². The van der Waals surface area contributed by atoms with Crippen LogP contribution in [0.4, 0.5) is 5.69 Å². The van der Waals surface area contributed by atoms with Gasteiger partial charge >= 0.3 is 5.97 Å². The Morgan fingerprint density at radius 2 is 1.79 bits per heavy atom. The Labute approximate surface area is 110 Å². The number of nitrogens with one attached hydrogen (secondary N) is 2. The Morgan fingerprint density at radius 3 is 2.26 bits per heavy atom. The summed E-state index contributed by atoms with van der Waals surface area (Å²) in [6.45, 7) is 3.02. The van der Waals surface area contributed by atoms with Gasteiger partial charge in [0.1, 0.15) is 0 Å². The second kappa shape index (κ2) is 6.53. The van der Waals surface area contributed by atoms with E-state index in [2.05, 4.69) is 10.6 Å². The first-order valence-corrected chi connectivity index (χ1v) is 5.79. The van der Waals surface area contributed by atoms with Crippen molar-refractivity contribution in [1.82, 2.24) is 5.32 Å². The Balaban J connectivity index is 2.62. The van der Waals surface area contributed by atoms with Gasteiger partial charge in [0, 0.05) is 24.2 Å². The van der Waals surface area contributed by atoms with Gasteiger partial charge in [-0.1, -0.05) is 0 Å². The van der Waals surface area contributed by atoms with Gasteiger partial charge in [-0.25, -0.2) is 0 Å². The SMILES string of the molecule is CC(=O)Nc1ccc(C(=O)NC(C)CC(=O)O)cc1. The molecule has 1 aromatic rings. The minimum Gasteiger partial charge on any atom is -0.481 e. The lowest BCUT2D eigenvalue weighted by Gasteiger charge is -2.11. The third-order valence-electron chi connectivity index (χ3n) is 2.33. The molecule has 1 rings (SSSR count). The van der Waals surface area contributed by atoms with Crippen LogP contribution in [0.25, 0.3) is 0 Å². The number of aliphatic carboxylic acids is 1. The molecule has 1 atom stereocenters. The molecule has 3 N–H and O–H groups in total. The molecule has 6 heteroatoms. The van der Waals surface area contributed by atoms with E-state index in [-0.39, 0.29) is 18.2 Å². The third-order valence-corrected chi connectivity index (χ3v) is 2.33. The predicted molar refractivity (Wildman–Crippen MR) is 69.9 cm³/mol. The molecule has 102 valence electrons. The van der Waals surface area contributed by atoms with Crippen LogP contribution >= 0.6 is 0 Å². The molecular weight excluding hydrogens is 248 g/mol. The number of amides is 2. The van der Waals surface area contributed by atoms with Crippen molar-refractivity contribution in [3.8, 4) is 0 Å². The van der Waals surface area contributed by atoms with Crippen molar-refractivity contribution >= 4 is 23.5 Å². The molecule has 0 saturated heterocycles. The molecule has 1 aromatic carbocycles. The molecule has 0 aromatic heterocycles. The van der Waals surface area contributed by atoms with Crippen molar-refractivity contribution in [2.75, 3.05) is 5.32 Å². The summed E-state index contributed by atoms with van der Waals surface area (Å²) in [5.74, 6) is -1.50. The molecule has 0 fully saturated rings. The second-order valence-corrected chi connectivity index (χ2v) is 4.23. The fourth-order valence-corrected chi connectivity index (χ4v) is 1.53. The number of carboxylic acid groups (broad SMARTS) is 1. The van der Waals surface area contributed by atoms with E-state index in [0.29, 0.717) is 11.3 Å². The molecule has 0 aliphatic rings. The maximum absolute atomic E-state index is 11.8. The second-order valence-electron chi connectivity index (χ2n) is 4.23. The highest BCUT2D eigenvalue weighted by Gasteiger charge is 2.12. The molecule has 0 saturated carbocycles. The smallest absolute Gasteiger partial charge is 0.305 e. The van der Waals surface area contributed by atoms with Crippen molar-refractivity contribution in [2.45, 2.75) is 26.3 Å². The number of carboxylic acids is 1. The van der Waals surface area contributed by atoms with Gasteiger partial charge in [0.05, 0.1) is 6.42 Å². The van der Waals surface area contributed by atoms with E-state index in [1.54, 1.807) is 31.2 Å². The van der Waals surface area contributed by atoms with Crippen LogP contribution in [0.15, 0.2) is 24.3 Å². The molecule has 2 amide bonds. The summed E-state index contributed by atoms with van der Waals surface area (Å²) in [4.78, 5) is 33.1. The van der Waals surface area contributed by atoms with Crippen LogP contribution in [0.5, 0.6) is 0 Å². The Hall–Kier alpha value is -2.37. The maximum atomic E-state index is 11.8. The van der Waals surface area contributed by atoms with Gasteiger partial charge in [0.15, 0.2) is 0 Å². The summed E-state index contributed by atoms with van der Waals surface area (Å²) < 4.78 is 0. The molecule has 0 spiro atoms. The van der Waals surface area contributed by atoms with E-state index >= 15 is 0 Å². The van der Waals surface area contributed by atoms with Crippen molar-refractivity contribution in [3.05, 3.63) is 29.8 Å². The zero-order chi connectivity index (χ0) is 14.4.